The van der Waals surface area contributed by atoms with Crippen molar-refractivity contribution in [3.63, 3.8) is 0 Å². The molecule has 0 radical (unpaired) electrons. The summed E-state index contributed by atoms with van der Waals surface area (Å²) in [6.45, 7) is 5.65. The van der Waals surface area contributed by atoms with Gasteiger partial charge in [0.1, 0.15) is 6.04 Å². The van der Waals surface area contributed by atoms with E-state index < -0.39 is 12.1 Å². The van der Waals surface area contributed by atoms with Crippen LogP contribution < -0.4 is 10.6 Å². The maximum absolute atomic E-state index is 12.7. The van der Waals surface area contributed by atoms with Crippen LogP contribution in [0.15, 0.2) is 29.8 Å². The number of aliphatic hydroxyl groups is 1. The number of carbonyl (C=O) groups excluding carboxylic acids is 3. The van der Waals surface area contributed by atoms with Crippen LogP contribution in [0, 0.1) is 12.8 Å². The second-order valence-corrected chi connectivity index (χ2v) is 8.86. The molecular weight excluding hydrogens is 416 g/mol. The van der Waals surface area contributed by atoms with Gasteiger partial charge in [-0.3, -0.25) is 14.4 Å². The number of aromatic nitrogens is 1. The lowest BCUT2D eigenvalue weighted by molar-refractivity contribution is -0.139. The van der Waals surface area contributed by atoms with E-state index >= 15 is 0 Å². The van der Waals surface area contributed by atoms with Crippen LogP contribution in [0.4, 0.5) is 0 Å². The summed E-state index contributed by atoms with van der Waals surface area (Å²) >= 11 is 1.59. The fourth-order valence-electron chi connectivity index (χ4n) is 3.47. The van der Waals surface area contributed by atoms with E-state index in [0.29, 0.717) is 6.54 Å². The van der Waals surface area contributed by atoms with Gasteiger partial charge < -0.3 is 20.6 Å². The van der Waals surface area contributed by atoms with Gasteiger partial charge in [-0.25, -0.2) is 4.98 Å². The number of amides is 3. The SMILES string of the molecule is Cc1ncsc1-c1ccc(CNC(=O)[C@@H]2C[C@@H](O)CN2C(=O)CNC(=O)C(C)C)cc1. The van der Waals surface area contributed by atoms with E-state index in [-0.39, 0.29) is 43.1 Å². The quantitative estimate of drug-likeness (QED) is 0.599. The number of thiazole rings is 1. The van der Waals surface area contributed by atoms with Crippen LogP contribution in [0.25, 0.3) is 10.4 Å². The number of aryl methyl sites for hydroxylation is 1. The van der Waals surface area contributed by atoms with Crippen molar-refractivity contribution in [2.45, 2.75) is 45.9 Å². The van der Waals surface area contributed by atoms with Gasteiger partial charge in [-0.05, 0) is 18.1 Å². The van der Waals surface area contributed by atoms with Gasteiger partial charge in [-0.2, -0.15) is 0 Å². The van der Waals surface area contributed by atoms with Gasteiger partial charge in [0, 0.05) is 25.4 Å². The van der Waals surface area contributed by atoms with Crippen molar-refractivity contribution in [3.05, 3.63) is 41.0 Å². The van der Waals surface area contributed by atoms with Crippen molar-refractivity contribution in [3.8, 4) is 10.4 Å². The van der Waals surface area contributed by atoms with E-state index in [0.717, 1.165) is 21.7 Å². The van der Waals surface area contributed by atoms with Gasteiger partial charge in [0.25, 0.3) is 0 Å². The minimum absolute atomic E-state index is 0.0807. The van der Waals surface area contributed by atoms with Gasteiger partial charge in [0.15, 0.2) is 0 Å². The molecule has 2 heterocycles. The van der Waals surface area contributed by atoms with Crippen LogP contribution in [0.1, 0.15) is 31.5 Å². The van der Waals surface area contributed by atoms with Gasteiger partial charge in [0.05, 0.1) is 28.7 Å². The normalized spacial score (nSPS) is 18.3. The van der Waals surface area contributed by atoms with Crippen LogP contribution in [-0.2, 0) is 20.9 Å². The summed E-state index contributed by atoms with van der Waals surface area (Å²) < 4.78 is 0. The zero-order valence-electron chi connectivity index (χ0n) is 17.9. The van der Waals surface area contributed by atoms with Crippen molar-refractivity contribution >= 4 is 29.1 Å². The van der Waals surface area contributed by atoms with Crippen LogP contribution in [0.2, 0.25) is 0 Å². The number of nitrogens with zero attached hydrogens (tertiary/aromatic N) is 2. The molecule has 2 aromatic rings. The largest absolute Gasteiger partial charge is 0.391 e. The molecule has 0 saturated carbocycles. The fourth-order valence-corrected chi connectivity index (χ4v) is 4.28. The molecule has 1 aromatic carbocycles. The highest BCUT2D eigenvalue weighted by atomic mass is 32.1. The molecule has 8 nitrogen and oxygen atoms in total. The molecule has 3 amide bonds. The zero-order chi connectivity index (χ0) is 22.5. The van der Waals surface area contributed by atoms with Crippen molar-refractivity contribution in [1.82, 2.24) is 20.5 Å². The molecule has 1 saturated heterocycles. The summed E-state index contributed by atoms with van der Waals surface area (Å²) in [5.41, 5.74) is 4.81. The van der Waals surface area contributed by atoms with Crippen molar-refractivity contribution in [2.24, 2.45) is 5.92 Å². The lowest BCUT2D eigenvalue weighted by Crippen LogP contribution is -2.49. The Labute approximate surface area is 185 Å². The number of hydrogen-bond donors (Lipinski definition) is 3. The number of aliphatic hydroxyl groups excluding tert-OH is 1. The third-order valence-electron chi connectivity index (χ3n) is 5.27. The third-order valence-corrected chi connectivity index (χ3v) is 6.25. The van der Waals surface area contributed by atoms with E-state index in [1.165, 1.54) is 4.90 Å². The van der Waals surface area contributed by atoms with Crippen molar-refractivity contribution in [2.75, 3.05) is 13.1 Å². The molecule has 0 aliphatic carbocycles. The van der Waals surface area contributed by atoms with Crippen LogP contribution in [0.3, 0.4) is 0 Å². The first-order chi connectivity index (χ1) is 14.8. The minimum atomic E-state index is -0.762. The van der Waals surface area contributed by atoms with Crippen LogP contribution in [-0.4, -0.2) is 57.9 Å². The summed E-state index contributed by atoms with van der Waals surface area (Å²) in [5, 5.41) is 15.4. The van der Waals surface area contributed by atoms with Crippen molar-refractivity contribution in [1.29, 1.82) is 0 Å². The van der Waals surface area contributed by atoms with Crippen LogP contribution >= 0.6 is 11.3 Å². The summed E-state index contributed by atoms with van der Waals surface area (Å²) in [7, 11) is 0. The molecule has 3 N–H and O–H groups in total. The first-order valence-corrected chi connectivity index (χ1v) is 11.2. The molecule has 0 spiro atoms. The topological polar surface area (TPSA) is 112 Å². The predicted molar refractivity (Wildman–Crippen MR) is 118 cm³/mol. The highest BCUT2D eigenvalue weighted by Gasteiger charge is 2.38. The summed E-state index contributed by atoms with van der Waals surface area (Å²) in [6, 6.07) is 7.13. The number of rotatable bonds is 7. The Hall–Kier alpha value is -2.78. The van der Waals surface area contributed by atoms with Crippen LogP contribution in [0.5, 0.6) is 0 Å². The Morgan fingerprint density at radius 3 is 2.55 bits per heavy atom. The summed E-state index contributed by atoms with van der Waals surface area (Å²) in [5.74, 6) is -1.16. The Morgan fingerprint density at radius 1 is 1.23 bits per heavy atom. The second kappa shape index (κ2) is 10.0. The Kier molecular flexibility index (Phi) is 7.40. The zero-order valence-corrected chi connectivity index (χ0v) is 18.7. The smallest absolute Gasteiger partial charge is 0.243 e. The molecule has 31 heavy (non-hydrogen) atoms. The number of hydrogen-bond acceptors (Lipinski definition) is 6. The van der Waals surface area contributed by atoms with Gasteiger partial charge in [-0.15, -0.1) is 11.3 Å². The van der Waals surface area contributed by atoms with Crippen molar-refractivity contribution < 1.29 is 19.5 Å². The molecule has 3 rings (SSSR count). The molecule has 166 valence electrons. The van der Waals surface area contributed by atoms with Gasteiger partial charge in [0.2, 0.25) is 17.7 Å². The van der Waals surface area contributed by atoms with Gasteiger partial charge in [-0.1, -0.05) is 38.1 Å². The number of nitrogens with one attached hydrogen (secondary N) is 2. The third kappa shape index (κ3) is 5.68. The van der Waals surface area contributed by atoms with E-state index in [1.807, 2.05) is 36.7 Å². The fraction of sp³-hybridized carbons (Fsp3) is 0.455. The first kappa shape index (κ1) is 22.9. The molecular formula is C22H28N4O4S. The maximum atomic E-state index is 12.7. The highest BCUT2D eigenvalue weighted by molar-refractivity contribution is 7.13. The predicted octanol–water partition coefficient (Wildman–Crippen LogP) is 1.47. The lowest BCUT2D eigenvalue weighted by atomic mass is 10.1. The monoisotopic (exact) mass is 444 g/mol. The first-order valence-electron chi connectivity index (χ1n) is 10.3. The second-order valence-electron chi connectivity index (χ2n) is 8.01. The number of β-amino-alcohol motifs (C(OH)–C–C–N with tert-alkyl or cyclic N) is 1. The van der Waals surface area contributed by atoms with E-state index in [4.69, 9.17) is 0 Å². The molecule has 0 unspecified atom stereocenters. The average molecular weight is 445 g/mol. The molecule has 1 fully saturated rings. The standard InChI is InChI=1S/C22H28N4O4S/c1-13(2)21(29)24-10-19(28)26-11-17(27)8-18(26)22(30)23-9-15-4-6-16(7-5-15)20-14(3)25-12-31-20/h4-7,12-13,17-18,27H,8-11H2,1-3H3,(H,23,30)(H,24,29)/t17-,18+/m1/s1. The van der Waals surface area contributed by atoms with E-state index in [1.54, 1.807) is 25.2 Å². The maximum Gasteiger partial charge on any atom is 0.243 e. The lowest BCUT2D eigenvalue weighted by Gasteiger charge is -2.24. The number of likely N-dealkylation sites (tertiary alicyclic amines) is 1. The molecule has 0 bridgehead atoms. The molecule has 9 heteroatoms. The summed E-state index contributed by atoms with van der Waals surface area (Å²) in [4.78, 5) is 43.6. The molecule has 1 aromatic heterocycles. The molecule has 1 aliphatic heterocycles. The Bertz CT molecular complexity index is 941. The minimum Gasteiger partial charge on any atom is -0.391 e. The number of benzene rings is 1. The average Bonchev–Trinajstić information content (AvgIpc) is 3.35. The van der Waals surface area contributed by atoms with Gasteiger partial charge >= 0.3 is 0 Å². The number of carbonyl (C=O) groups is 3. The Morgan fingerprint density at radius 2 is 1.94 bits per heavy atom. The Balaban J connectivity index is 1.56. The molecule has 2 atom stereocenters. The molecule has 1 aliphatic rings. The summed E-state index contributed by atoms with van der Waals surface area (Å²) in [6.07, 6.45) is -0.582. The van der Waals surface area contributed by atoms with E-state index in [9.17, 15) is 19.5 Å². The van der Waals surface area contributed by atoms with E-state index in [2.05, 4.69) is 15.6 Å². The highest BCUT2D eigenvalue weighted by Crippen LogP contribution is 2.27.